The summed E-state index contributed by atoms with van der Waals surface area (Å²) in [6.07, 6.45) is 4.31. The number of piperazine rings is 2. The van der Waals surface area contributed by atoms with E-state index in [1.807, 2.05) is 73.8 Å². The van der Waals surface area contributed by atoms with Crippen LogP contribution in [0.1, 0.15) is 39.0 Å². The van der Waals surface area contributed by atoms with Crippen LogP contribution in [0.25, 0.3) is 22.0 Å². The van der Waals surface area contributed by atoms with Crippen molar-refractivity contribution in [1.82, 2.24) is 29.7 Å². The molecule has 3 fully saturated rings. The van der Waals surface area contributed by atoms with Gasteiger partial charge in [0.25, 0.3) is 0 Å². The minimum Gasteiger partial charge on any atom is -0.508 e. The van der Waals surface area contributed by atoms with Crippen molar-refractivity contribution < 1.29 is 24.3 Å². The smallest absolute Gasteiger partial charge is 0.246 e. The third kappa shape index (κ3) is 9.18. The molecule has 0 radical (unpaired) electrons. The monoisotopic (exact) mass is 869 g/mol. The minimum absolute atomic E-state index is 0.0592. The number of aryl methyl sites for hydroxylation is 2. The standard InChI is InChI=1S/C53H55N7O5/c1-3-28-58-36-51(64)59-47(31-38-14-23-44(61)24-15-38)53(65)57(35-49(59)60(58)50(63)25-16-37-8-5-4-6-9-37)33-42-10-7-11-45-46(34-55(2)52(42)45)40-17-19-41(20-18-40)48(62)32-39-12-21-43(22-13-39)56-29-26-54-27-30-56/h3-15,17-24,34,47,49,54,61H,1,16,25-33,35-36H2,2H3/t47-,49-/m0/s1. The summed E-state index contributed by atoms with van der Waals surface area (Å²) in [5.41, 5.74) is 8.49. The summed E-state index contributed by atoms with van der Waals surface area (Å²) in [5.74, 6) is -0.418. The summed E-state index contributed by atoms with van der Waals surface area (Å²) >= 11 is 0. The van der Waals surface area contributed by atoms with Gasteiger partial charge in [-0.15, -0.1) is 6.58 Å². The van der Waals surface area contributed by atoms with E-state index in [0.29, 0.717) is 18.4 Å². The number of ketones is 1. The molecule has 3 aliphatic rings. The number of para-hydroxylation sites is 1. The van der Waals surface area contributed by atoms with Gasteiger partial charge in [0.2, 0.25) is 17.7 Å². The maximum absolute atomic E-state index is 14.8. The minimum atomic E-state index is -0.887. The van der Waals surface area contributed by atoms with Gasteiger partial charge in [-0.1, -0.05) is 103 Å². The molecule has 1 aromatic heterocycles. The van der Waals surface area contributed by atoms with E-state index in [1.165, 1.54) is 5.69 Å². The fraction of sp³-hybridized carbons (Fsp3) is 0.283. The molecule has 0 aliphatic carbocycles. The number of carbonyl (C=O) groups is 4. The summed E-state index contributed by atoms with van der Waals surface area (Å²) in [5, 5.41) is 17.9. The van der Waals surface area contributed by atoms with Crippen LogP contribution in [0.4, 0.5) is 5.69 Å². The number of hydrazine groups is 1. The van der Waals surface area contributed by atoms with Gasteiger partial charge in [0.1, 0.15) is 18.0 Å². The van der Waals surface area contributed by atoms with Crippen LogP contribution in [0.15, 0.2) is 140 Å². The number of benzene rings is 5. The Hall–Kier alpha value is -7.02. The molecule has 65 heavy (non-hydrogen) atoms. The number of phenols is 1. The zero-order valence-electron chi connectivity index (χ0n) is 36.8. The molecule has 0 saturated carbocycles. The third-order valence-corrected chi connectivity index (χ3v) is 13.0. The van der Waals surface area contributed by atoms with E-state index >= 15 is 0 Å². The lowest BCUT2D eigenvalue weighted by atomic mass is 9.97. The molecule has 0 unspecified atom stereocenters. The van der Waals surface area contributed by atoms with Crippen molar-refractivity contribution in [1.29, 1.82) is 0 Å². The Balaban J connectivity index is 0.980. The maximum atomic E-state index is 14.8. The van der Waals surface area contributed by atoms with E-state index in [1.54, 1.807) is 50.2 Å². The van der Waals surface area contributed by atoms with Crippen LogP contribution in [0.2, 0.25) is 0 Å². The number of hydrogen-bond acceptors (Lipinski definition) is 8. The van der Waals surface area contributed by atoms with E-state index in [0.717, 1.165) is 70.5 Å². The number of phenolic OH excluding ortho intramolecular Hbond substituents is 1. The second-order valence-corrected chi connectivity index (χ2v) is 17.3. The lowest BCUT2D eigenvalue weighted by molar-refractivity contribution is -0.205. The Bertz CT molecular complexity index is 2690. The van der Waals surface area contributed by atoms with Gasteiger partial charge in [-0.2, -0.15) is 0 Å². The maximum Gasteiger partial charge on any atom is 0.246 e. The summed E-state index contributed by atoms with van der Waals surface area (Å²) in [6.45, 7) is 8.40. The van der Waals surface area contributed by atoms with E-state index in [2.05, 4.69) is 57.9 Å². The van der Waals surface area contributed by atoms with Crippen LogP contribution >= 0.6 is 0 Å². The largest absolute Gasteiger partial charge is 0.508 e. The molecule has 2 atom stereocenters. The number of Topliss-reactive ketones (excluding diaryl/α,β-unsaturated/α-hetero) is 1. The molecule has 3 saturated heterocycles. The summed E-state index contributed by atoms with van der Waals surface area (Å²) in [4.78, 5) is 62.6. The first kappa shape index (κ1) is 43.2. The van der Waals surface area contributed by atoms with Crippen LogP contribution in [0.5, 0.6) is 5.75 Å². The van der Waals surface area contributed by atoms with E-state index in [-0.39, 0.29) is 68.3 Å². The number of carbonyl (C=O) groups excluding carboxylic acids is 4. The molecular weight excluding hydrogens is 815 g/mol. The molecule has 4 heterocycles. The molecule has 2 N–H and O–H groups in total. The van der Waals surface area contributed by atoms with Gasteiger partial charge in [0.05, 0.1) is 18.6 Å². The van der Waals surface area contributed by atoms with Crippen molar-refractivity contribution in [2.45, 2.75) is 44.4 Å². The molecule has 3 aliphatic heterocycles. The van der Waals surface area contributed by atoms with Crippen LogP contribution in [-0.4, -0.2) is 111 Å². The molecule has 0 spiro atoms. The second-order valence-electron chi connectivity index (χ2n) is 17.3. The van der Waals surface area contributed by atoms with Gasteiger partial charge in [-0.05, 0) is 58.5 Å². The SMILES string of the molecule is C=CCN1CC(=O)N2[C@@H](Cc3ccc(O)cc3)C(=O)N(Cc3cccc4c(-c5ccc(C(=O)Cc6ccc(N7CCNCC7)cc6)cc5)cn(C)c34)C[C@@H]2N1C(=O)CCc1ccccc1. The van der Waals surface area contributed by atoms with Gasteiger partial charge >= 0.3 is 0 Å². The van der Waals surface area contributed by atoms with Crippen molar-refractivity contribution in [2.75, 3.05) is 50.7 Å². The van der Waals surface area contributed by atoms with E-state index in [4.69, 9.17) is 0 Å². The molecule has 9 rings (SSSR count). The molecule has 12 nitrogen and oxygen atoms in total. The number of hydrogen-bond donors (Lipinski definition) is 2. The molecular formula is C53H55N7O5. The number of anilines is 1. The highest BCUT2D eigenvalue weighted by molar-refractivity contribution is 6.01. The predicted octanol–water partition coefficient (Wildman–Crippen LogP) is 6.37. The number of aromatic hydroxyl groups is 1. The van der Waals surface area contributed by atoms with Gasteiger partial charge < -0.3 is 29.7 Å². The Kier molecular flexibility index (Phi) is 12.6. The zero-order chi connectivity index (χ0) is 45.0. The second kappa shape index (κ2) is 19.0. The van der Waals surface area contributed by atoms with Crippen LogP contribution < -0.4 is 10.2 Å². The number of nitrogens with one attached hydrogen (secondary N) is 1. The van der Waals surface area contributed by atoms with E-state index in [9.17, 15) is 24.3 Å². The first-order chi connectivity index (χ1) is 31.6. The molecule has 0 bridgehead atoms. The topological polar surface area (TPSA) is 122 Å². The first-order valence-corrected chi connectivity index (χ1v) is 22.5. The van der Waals surface area contributed by atoms with Crippen LogP contribution in [0, 0.1) is 0 Å². The highest BCUT2D eigenvalue weighted by atomic mass is 16.3. The van der Waals surface area contributed by atoms with Crippen LogP contribution in [-0.2, 0) is 47.2 Å². The van der Waals surface area contributed by atoms with E-state index < -0.39 is 12.2 Å². The van der Waals surface area contributed by atoms with Crippen LogP contribution in [0.3, 0.4) is 0 Å². The fourth-order valence-corrected chi connectivity index (χ4v) is 9.76. The number of nitrogens with zero attached hydrogens (tertiary/aromatic N) is 6. The van der Waals surface area contributed by atoms with Crippen molar-refractivity contribution in [3.8, 4) is 16.9 Å². The Morgan fingerprint density at radius 3 is 2.28 bits per heavy atom. The number of aromatic nitrogens is 1. The van der Waals surface area contributed by atoms with Gasteiger partial charge in [0.15, 0.2) is 5.78 Å². The molecule has 332 valence electrons. The average Bonchev–Trinajstić information content (AvgIpc) is 3.67. The predicted molar refractivity (Wildman–Crippen MR) is 253 cm³/mol. The van der Waals surface area contributed by atoms with Crippen molar-refractivity contribution in [3.63, 3.8) is 0 Å². The molecule has 5 aromatic carbocycles. The normalized spacial score (nSPS) is 18.0. The third-order valence-electron chi connectivity index (χ3n) is 13.0. The Labute approximate surface area is 379 Å². The quantitative estimate of drug-likeness (QED) is 0.0958. The fourth-order valence-electron chi connectivity index (χ4n) is 9.76. The highest BCUT2D eigenvalue weighted by Gasteiger charge is 2.51. The van der Waals surface area contributed by atoms with Gasteiger partial charge in [0, 0.05) is 94.0 Å². The first-order valence-electron chi connectivity index (χ1n) is 22.5. The molecule has 12 heteroatoms. The summed E-state index contributed by atoms with van der Waals surface area (Å²) < 4.78 is 2.08. The molecule has 6 aromatic rings. The molecule has 3 amide bonds. The lowest BCUT2D eigenvalue weighted by Crippen LogP contribution is -2.75. The van der Waals surface area contributed by atoms with Crippen molar-refractivity contribution in [2.24, 2.45) is 7.05 Å². The summed E-state index contributed by atoms with van der Waals surface area (Å²) in [7, 11) is 1.99. The average molecular weight is 870 g/mol. The lowest BCUT2D eigenvalue weighted by Gasteiger charge is -2.55. The number of fused-ring (bicyclic) bond motifs is 2. The Morgan fingerprint density at radius 1 is 0.831 bits per heavy atom. The number of rotatable bonds is 14. The number of amides is 3. The highest BCUT2D eigenvalue weighted by Crippen LogP contribution is 2.35. The zero-order valence-corrected chi connectivity index (χ0v) is 36.8. The van der Waals surface area contributed by atoms with Gasteiger partial charge in [-0.25, -0.2) is 10.0 Å². The Morgan fingerprint density at radius 2 is 1.55 bits per heavy atom. The van der Waals surface area contributed by atoms with Crippen molar-refractivity contribution >= 4 is 40.1 Å². The van der Waals surface area contributed by atoms with Gasteiger partial charge in [-0.3, -0.25) is 19.2 Å². The summed E-state index contributed by atoms with van der Waals surface area (Å²) in [6, 6.07) is 37.8. The van der Waals surface area contributed by atoms with Crippen molar-refractivity contribution in [3.05, 3.63) is 168 Å².